The predicted octanol–water partition coefficient (Wildman–Crippen LogP) is 3.20. The zero-order valence-electron chi connectivity index (χ0n) is 14.9. The van der Waals surface area contributed by atoms with E-state index in [2.05, 4.69) is 5.32 Å². The molecule has 27 heavy (non-hydrogen) atoms. The fraction of sp³-hybridized carbons (Fsp3) is 0.263. The number of amides is 1. The molecule has 2 rings (SSSR count). The highest BCUT2D eigenvalue weighted by molar-refractivity contribution is 7.80. The predicted molar refractivity (Wildman–Crippen MR) is 108 cm³/mol. The van der Waals surface area contributed by atoms with E-state index >= 15 is 0 Å². The third-order valence-electron chi connectivity index (χ3n) is 3.94. The first-order valence-electron chi connectivity index (χ1n) is 8.47. The lowest BCUT2D eigenvalue weighted by atomic mass is 10.2. The fourth-order valence-electron chi connectivity index (χ4n) is 2.43. The molecule has 0 saturated carbocycles. The Morgan fingerprint density at radius 2 is 1.78 bits per heavy atom. The van der Waals surface area contributed by atoms with E-state index < -0.39 is 10.8 Å². The van der Waals surface area contributed by atoms with Gasteiger partial charge in [0.25, 0.3) is 11.6 Å². The van der Waals surface area contributed by atoms with Gasteiger partial charge in [0.1, 0.15) is 0 Å². The first-order chi connectivity index (χ1) is 12.9. The van der Waals surface area contributed by atoms with Crippen molar-refractivity contribution in [2.45, 2.75) is 19.8 Å². The van der Waals surface area contributed by atoms with Crippen molar-refractivity contribution in [1.82, 2.24) is 5.32 Å². The van der Waals surface area contributed by atoms with Crippen LogP contribution in [-0.2, 0) is 0 Å². The van der Waals surface area contributed by atoms with Crippen LogP contribution in [0.2, 0.25) is 0 Å². The van der Waals surface area contributed by atoms with Gasteiger partial charge in [0.05, 0.1) is 4.92 Å². The Hall–Kier alpha value is -2.84. The van der Waals surface area contributed by atoms with Gasteiger partial charge >= 0.3 is 0 Å². The van der Waals surface area contributed by atoms with Crippen LogP contribution in [-0.4, -0.2) is 34.2 Å². The minimum Gasteiger partial charge on any atom is -0.396 e. The summed E-state index contributed by atoms with van der Waals surface area (Å²) in [6, 6.07) is 13.1. The quantitative estimate of drug-likeness (QED) is 0.328. The maximum atomic E-state index is 12.4. The Morgan fingerprint density at radius 3 is 2.33 bits per heavy atom. The van der Waals surface area contributed by atoms with E-state index in [1.807, 2.05) is 31.2 Å². The molecule has 142 valence electrons. The van der Waals surface area contributed by atoms with E-state index in [1.54, 1.807) is 4.90 Å². The number of aliphatic hydroxyl groups excluding tert-OH is 1. The lowest BCUT2D eigenvalue weighted by Crippen LogP contribution is -2.43. The van der Waals surface area contributed by atoms with Crippen molar-refractivity contribution in [2.24, 2.45) is 0 Å². The number of nitrogens with zero attached hydrogens (tertiary/aromatic N) is 2. The van der Waals surface area contributed by atoms with Gasteiger partial charge < -0.3 is 10.0 Å². The van der Waals surface area contributed by atoms with Gasteiger partial charge in [-0.1, -0.05) is 17.7 Å². The number of thiocarbonyl (C=S) groups is 1. The minimum absolute atomic E-state index is 0.0839. The summed E-state index contributed by atoms with van der Waals surface area (Å²) in [5.74, 6) is -0.436. The highest BCUT2D eigenvalue weighted by atomic mass is 32.1. The van der Waals surface area contributed by atoms with E-state index in [9.17, 15) is 14.9 Å². The smallest absolute Gasteiger partial charge is 0.269 e. The molecule has 0 fully saturated rings. The fourth-order valence-corrected chi connectivity index (χ4v) is 2.72. The molecule has 0 spiro atoms. The number of nitro benzene ring substituents is 1. The van der Waals surface area contributed by atoms with Gasteiger partial charge in [-0.2, -0.15) is 0 Å². The minimum atomic E-state index is -0.521. The summed E-state index contributed by atoms with van der Waals surface area (Å²) in [7, 11) is 0. The maximum Gasteiger partial charge on any atom is 0.269 e. The molecular weight excluding hydrogens is 366 g/mol. The first-order valence-corrected chi connectivity index (χ1v) is 8.88. The Balaban J connectivity index is 2.12. The number of aryl methyl sites for hydroxylation is 1. The number of benzene rings is 2. The molecule has 0 atom stereocenters. The number of aliphatic hydroxyl groups is 1. The number of hydrogen-bond acceptors (Lipinski definition) is 5. The van der Waals surface area contributed by atoms with Crippen molar-refractivity contribution in [3.8, 4) is 0 Å². The molecule has 0 heterocycles. The summed E-state index contributed by atoms with van der Waals surface area (Å²) < 4.78 is 0. The Kier molecular flexibility index (Phi) is 7.39. The number of nitrogens with one attached hydrogen (secondary N) is 1. The van der Waals surface area contributed by atoms with Gasteiger partial charge in [-0.05, 0) is 56.2 Å². The van der Waals surface area contributed by atoms with E-state index in [0.29, 0.717) is 19.4 Å². The van der Waals surface area contributed by atoms with Crippen LogP contribution in [0.15, 0.2) is 48.5 Å². The number of carbonyl (C=O) groups excluding carboxylic acids is 1. The molecule has 0 aliphatic carbocycles. The summed E-state index contributed by atoms with van der Waals surface area (Å²) in [4.78, 5) is 24.4. The zero-order valence-corrected chi connectivity index (χ0v) is 15.7. The molecule has 0 bridgehead atoms. The molecule has 2 aromatic carbocycles. The second-order valence-electron chi connectivity index (χ2n) is 5.98. The third-order valence-corrected chi connectivity index (χ3v) is 4.26. The standard InChI is InChI=1S/C19H21N3O4S/c1-14-4-8-16(9-5-14)21(12-2-3-13-23)19(27)20-18(24)15-6-10-17(11-7-15)22(25)26/h4-11,23H,2-3,12-13H2,1H3,(H,20,24,27). The molecule has 1 amide bonds. The molecule has 2 N–H and O–H groups in total. The van der Waals surface area contributed by atoms with E-state index in [4.69, 9.17) is 17.3 Å². The van der Waals surface area contributed by atoms with Crippen LogP contribution in [0.25, 0.3) is 0 Å². The maximum absolute atomic E-state index is 12.4. The molecule has 0 radical (unpaired) electrons. The molecule has 0 aromatic heterocycles. The average molecular weight is 387 g/mol. The third kappa shape index (κ3) is 5.83. The van der Waals surface area contributed by atoms with Crippen molar-refractivity contribution < 1.29 is 14.8 Å². The number of non-ortho nitro benzene ring substituents is 1. The van der Waals surface area contributed by atoms with Gasteiger partial charge in [-0.15, -0.1) is 0 Å². The van der Waals surface area contributed by atoms with Gasteiger partial charge in [-0.25, -0.2) is 0 Å². The molecule has 2 aromatic rings. The molecular formula is C19H21N3O4S. The second-order valence-corrected chi connectivity index (χ2v) is 6.37. The molecule has 0 unspecified atom stereocenters. The number of anilines is 1. The van der Waals surface area contributed by atoms with Crippen molar-refractivity contribution in [1.29, 1.82) is 0 Å². The van der Waals surface area contributed by atoms with Crippen molar-refractivity contribution in [3.63, 3.8) is 0 Å². The van der Waals surface area contributed by atoms with E-state index in [-0.39, 0.29) is 23.0 Å². The second kappa shape index (κ2) is 9.75. The first kappa shape index (κ1) is 20.5. The van der Waals surface area contributed by atoms with E-state index in [1.165, 1.54) is 24.3 Å². The molecule has 0 aliphatic heterocycles. The summed E-state index contributed by atoms with van der Waals surface area (Å²) in [6.07, 6.45) is 1.33. The van der Waals surface area contributed by atoms with Gasteiger partial charge in [0, 0.05) is 36.5 Å². The summed E-state index contributed by atoms with van der Waals surface area (Å²) in [5.41, 5.74) is 2.14. The normalized spacial score (nSPS) is 10.3. The number of nitro groups is 1. The van der Waals surface area contributed by atoms with Gasteiger partial charge in [0.15, 0.2) is 5.11 Å². The Bertz CT molecular complexity index is 807. The summed E-state index contributed by atoms with van der Waals surface area (Å²) in [5, 5.41) is 22.6. The van der Waals surface area contributed by atoms with E-state index in [0.717, 1.165) is 11.3 Å². The number of carbonyl (C=O) groups is 1. The zero-order chi connectivity index (χ0) is 19.8. The summed E-state index contributed by atoms with van der Waals surface area (Å²) >= 11 is 5.41. The Morgan fingerprint density at radius 1 is 1.15 bits per heavy atom. The highest BCUT2D eigenvalue weighted by Gasteiger charge is 2.16. The van der Waals surface area contributed by atoms with Crippen LogP contribution >= 0.6 is 12.2 Å². The molecule has 7 nitrogen and oxygen atoms in total. The Labute approximate surface area is 162 Å². The largest absolute Gasteiger partial charge is 0.396 e. The highest BCUT2D eigenvalue weighted by Crippen LogP contribution is 2.17. The topological polar surface area (TPSA) is 95.7 Å². The van der Waals surface area contributed by atoms with Crippen LogP contribution in [0.5, 0.6) is 0 Å². The van der Waals surface area contributed by atoms with Gasteiger partial charge in [0.2, 0.25) is 0 Å². The van der Waals surface area contributed by atoms with Gasteiger partial charge in [-0.3, -0.25) is 20.2 Å². The summed E-state index contributed by atoms with van der Waals surface area (Å²) in [6.45, 7) is 2.61. The van der Waals surface area contributed by atoms with Crippen molar-refractivity contribution in [2.75, 3.05) is 18.1 Å². The van der Waals surface area contributed by atoms with Crippen molar-refractivity contribution >= 4 is 34.6 Å². The lowest BCUT2D eigenvalue weighted by molar-refractivity contribution is -0.384. The number of unbranched alkanes of at least 4 members (excludes halogenated alkanes) is 1. The molecule has 0 aliphatic rings. The van der Waals surface area contributed by atoms with Crippen LogP contribution in [0.4, 0.5) is 11.4 Å². The SMILES string of the molecule is Cc1ccc(N(CCCCO)C(=S)NC(=O)c2ccc([N+](=O)[O-])cc2)cc1. The molecule has 0 saturated heterocycles. The van der Waals surface area contributed by atoms with Crippen molar-refractivity contribution in [3.05, 3.63) is 69.8 Å². The number of hydrogen-bond donors (Lipinski definition) is 2. The molecule has 8 heteroatoms. The van der Waals surface area contributed by atoms with Crippen LogP contribution in [0.3, 0.4) is 0 Å². The van der Waals surface area contributed by atoms with Crippen LogP contribution in [0, 0.1) is 17.0 Å². The lowest BCUT2D eigenvalue weighted by Gasteiger charge is -2.25. The average Bonchev–Trinajstić information content (AvgIpc) is 2.66. The number of rotatable bonds is 7. The monoisotopic (exact) mass is 387 g/mol. The van der Waals surface area contributed by atoms with Crippen LogP contribution < -0.4 is 10.2 Å². The van der Waals surface area contributed by atoms with Crippen LogP contribution in [0.1, 0.15) is 28.8 Å².